The topological polar surface area (TPSA) is 47.9 Å². The molecule has 4 nitrogen and oxygen atoms in total. The number of hydrogen-bond donors (Lipinski definition) is 0. The largest absolute Gasteiger partial charge is 0.491 e. The molecule has 0 spiro atoms. The first-order valence-corrected chi connectivity index (χ1v) is 6.14. The van der Waals surface area contributed by atoms with Gasteiger partial charge < -0.3 is 4.74 Å². The van der Waals surface area contributed by atoms with Crippen molar-refractivity contribution < 1.29 is 4.74 Å². The highest BCUT2D eigenvalue weighted by atomic mass is 35.5. The molecule has 0 atom stereocenters. The Morgan fingerprint density at radius 3 is 2.33 bits per heavy atom. The summed E-state index contributed by atoms with van der Waals surface area (Å²) in [5.74, 6) is 1.17. The first-order valence-electron chi connectivity index (χ1n) is 5.39. The minimum absolute atomic E-state index is 0.0696. The minimum atomic E-state index is 0.0696. The van der Waals surface area contributed by atoms with Gasteiger partial charge in [-0.05, 0) is 49.2 Å². The molecule has 0 saturated carbocycles. The van der Waals surface area contributed by atoms with Crippen LogP contribution in [-0.4, -0.2) is 21.1 Å². The Kier molecular flexibility index (Phi) is 3.99. The van der Waals surface area contributed by atoms with Crippen LogP contribution in [0.4, 0.5) is 0 Å². The third kappa shape index (κ3) is 3.31. The molecule has 0 bridgehead atoms. The Morgan fingerprint density at radius 2 is 1.72 bits per heavy atom. The maximum Gasteiger partial charge on any atom is 0.227 e. The molecule has 0 saturated heterocycles. The summed E-state index contributed by atoms with van der Waals surface area (Å²) in [6.07, 6.45) is 0.103. The van der Waals surface area contributed by atoms with E-state index in [2.05, 4.69) is 15.0 Å². The summed E-state index contributed by atoms with van der Waals surface area (Å²) < 4.78 is 5.60. The standard InChI is InChI=1S/C12H11Cl2N3O/c1-7(2)18-9-5-3-4-8(6-9)10-15-11(13)17-12(14)16-10/h3-7H,1-2H3. The molecule has 0 aliphatic rings. The maximum absolute atomic E-state index is 5.75. The molecule has 1 aromatic carbocycles. The van der Waals surface area contributed by atoms with Crippen LogP contribution in [0.25, 0.3) is 11.4 Å². The van der Waals surface area contributed by atoms with Gasteiger partial charge in [0.15, 0.2) is 5.82 Å². The fourth-order valence-electron chi connectivity index (χ4n) is 1.44. The molecule has 0 unspecified atom stereocenters. The van der Waals surface area contributed by atoms with E-state index in [0.29, 0.717) is 5.82 Å². The van der Waals surface area contributed by atoms with Crippen molar-refractivity contribution in [2.45, 2.75) is 20.0 Å². The van der Waals surface area contributed by atoms with Crippen molar-refractivity contribution in [1.29, 1.82) is 0 Å². The predicted octanol–water partition coefficient (Wildman–Crippen LogP) is 3.63. The van der Waals surface area contributed by atoms with Crippen LogP contribution in [0.1, 0.15) is 13.8 Å². The first-order chi connectivity index (χ1) is 8.54. The molecule has 0 amide bonds. The first kappa shape index (κ1) is 13.1. The Morgan fingerprint density at radius 1 is 1.06 bits per heavy atom. The lowest BCUT2D eigenvalue weighted by Crippen LogP contribution is -2.05. The van der Waals surface area contributed by atoms with Crippen LogP contribution in [0.5, 0.6) is 5.75 Å². The molecule has 2 aromatic rings. The smallest absolute Gasteiger partial charge is 0.227 e. The van der Waals surface area contributed by atoms with Crippen LogP contribution in [0.2, 0.25) is 10.6 Å². The number of hydrogen-bond acceptors (Lipinski definition) is 4. The van der Waals surface area contributed by atoms with Gasteiger partial charge in [-0.1, -0.05) is 12.1 Å². The second kappa shape index (κ2) is 5.50. The summed E-state index contributed by atoms with van der Waals surface area (Å²) in [6, 6.07) is 7.42. The maximum atomic E-state index is 5.75. The molecule has 18 heavy (non-hydrogen) atoms. The molecule has 6 heteroatoms. The number of halogens is 2. The van der Waals surface area contributed by atoms with E-state index in [1.54, 1.807) is 0 Å². The lowest BCUT2D eigenvalue weighted by molar-refractivity contribution is 0.242. The molecule has 0 N–H and O–H groups in total. The van der Waals surface area contributed by atoms with Crippen molar-refractivity contribution in [3.63, 3.8) is 0 Å². The van der Waals surface area contributed by atoms with Crippen molar-refractivity contribution in [1.82, 2.24) is 15.0 Å². The SMILES string of the molecule is CC(C)Oc1cccc(-c2nc(Cl)nc(Cl)n2)c1. The highest BCUT2D eigenvalue weighted by molar-refractivity contribution is 6.31. The second-order valence-electron chi connectivity index (χ2n) is 3.89. The number of ether oxygens (including phenoxy) is 1. The highest BCUT2D eigenvalue weighted by Crippen LogP contribution is 2.23. The van der Waals surface area contributed by atoms with Gasteiger partial charge in [0.1, 0.15) is 5.75 Å². The molecule has 1 heterocycles. The van der Waals surface area contributed by atoms with Gasteiger partial charge in [0, 0.05) is 5.56 Å². The highest BCUT2D eigenvalue weighted by Gasteiger charge is 2.07. The normalized spacial score (nSPS) is 10.7. The zero-order chi connectivity index (χ0) is 13.1. The van der Waals surface area contributed by atoms with Gasteiger partial charge in [-0.25, -0.2) is 0 Å². The fourth-order valence-corrected chi connectivity index (χ4v) is 1.80. The number of aromatic nitrogens is 3. The van der Waals surface area contributed by atoms with Gasteiger partial charge in [0.2, 0.25) is 10.6 Å². The quantitative estimate of drug-likeness (QED) is 0.863. The third-order valence-electron chi connectivity index (χ3n) is 2.04. The molecule has 2 rings (SSSR count). The lowest BCUT2D eigenvalue weighted by atomic mass is 10.2. The summed E-state index contributed by atoms with van der Waals surface area (Å²) in [6.45, 7) is 3.92. The second-order valence-corrected chi connectivity index (χ2v) is 4.57. The fraction of sp³-hybridized carbons (Fsp3) is 0.250. The summed E-state index contributed by atoms with van der Waals surface area (Å²) in [5, 5.41) is 0.139. The van der Waals surface area contributed by atoms with Crippen LogP contribution in [-0.2, 0) is 0 Å². The number of nitrogens with zero attached hydrogens (tertiary/aromatic N) is 3. The molecule has 0 radical (unpaired) electrons. The lowest BCUT2D eigenvalue weighted by Gasteiger charge is -2.10. The van der Waals surface area contributed by atoms with Crippen molar-refractivity contribution in [2.24, 2.45) is 0 Å². The van der Waals surface area contributed by atoms with E-state index in [1.165, 1.54) is 0 Å². The summed E-state index contributed by atoms with van der Waals surface area (Å²) in [5.41, 5.74) is 0.777. The minimum Gasteiger partial charge on any atom is -0.491 e. The Hall–Kier alpha value is -1.39. The van der Waals surface area contributed by atoms with Crippen molar-refractivity contribution in [2.75, 3.05) is 0 Å². The Bertz CT molecular complexity index is 541. The molecule has 0 aliphatic carbocycles. The van der Waals surface area contributed by atoms with E-state index in [0.717, 1.165) is 11.3 Å². The van der Waals surface area contributed by atoms with Crippen LogP contribution >= 0.6 is 23.2 Å². The zero-order valence-corrected chi connectivity index (χ0v) is 11.4. The molecule has 94 valence electrons. The molecular formula is C12H11Cl2N3O. The van der Waals surface area contributed by atoms with E-state index < -0.39 is 0 Å². The van der Waals surface area contributed by atoms with Gasteiger partial charge in [-0.15, -0.1) is 0 Å². The Balaban J connectivity index is 2.38. The summed E-state index contributed by atoms with van der Waals surface area (Å²) in [7, 11) is 0. The monoisotopic (exact) mass is 283 g/mol. The zero-order valence-electron chi connectivity index (χ0n) is 9.89. The van der Waals surface area contributed by atoms with Crippen molar-refractivity contribution in [3.05, 3.63) is 34.8 Å². The van der Waals surface area contributed by atoms with E-state index in [1.807, 2.05) is 38.1 Å². The molecular weight excluding hydrogens is 273 g/mol. The van der Waals surface area contributed by atoms with Crippen molar-refractivity contribution >= 4 is 23.2 Å². The number of benzene rings is 1. The van der Waals surface area contributed by atoms with E-state index >= 15 is 0 Å². The van der Waals surface area contributed by atoms with Crippen LogP contribution in [0.3, 0.4) is 0 Å². The van der Waals surface area contributed by atoms with Crippen LogP contribution < -0.4 is 4.74 Å². The molecule has 0 fully saturated rings. The van der Waals surface area contributed by atoms with Gasteiger partial charge in [-0.3, -0.25) is 0 Å². The number of rotatable bonds is 3. The predicted molar refractivity (Wildman–Crippen MR) is 71.0 cm³/mol. The van der Waals surface area contributed by atoms with Gasteiger partial charge >= 0.3 is 0 Å². The van der Waals surface area contributed by atoms with Crippen LogP contribution in [0.15, 0.2) is 24.3 Å². The molecule has 0 aliphatic heterocycles. The van der Waals surface area contributed by atoms with Gasteiger partial charge in [-0.2, -0.15) is 15.0 Å². The Labute approximate surface area is 115 Å². The van der Waals surface area contributed by atoms with E-state index in [-0.39, 0.29) is 16.7 Å². The summed E-state index contributed by atoms with van der Waals surface area (Å²) in [4.78, 5) is 11.8. The van der Waals surface area contributed by atoms with Gasteiger partial charge in [0.05, 0.1) is 6.10 Å². The van der Waals surface area contributed by atoms with Crippen molar-refractivity contribution in [3.8, 4) is 17.1 Å². The summed E-state index contributed by atoms with van der Waals surface area (Å²) >= 11 is 11.5. The third-order valence-corrected chi connectivity index (χ3v) is 2.38. The average molecular weight is 284 g/mol. The van der Waals surface area contributed by atoms with E-state index in [4.69, 9.17) is 27.9 Å². The van der Waals surface area contributed by atoms with Crippen LogP contribution in [0, 0.1) is 0 Å². The van der Waals surface area contributed by atoms with Gasteiger partial charge in [0.25, 0.3) is 0 Å². The molecule has 1 aromatic heterocycles. The average Bonchev–Trinajstić information content (AvgIpc) is 2.27. The van der Waals surface area contributed by atoms with E-state index in [9.17, 15) is 0 Å².